The van der Waals surface area contributed by atoms with E-state index in [-0.39, 0.29) is 0 Å². The van der Waals surface area contributed by atoms with Crippen LogP contribution in [0.5, 0.6) is 0 Å². The quantitative estimate of drug-likeness (QED) is 0.675. The highest BCUT2D eigenvalue weighted by Crippen LogP contribution is 2.11. The second-order valence-electron chi connectivity index (χ2n) is 2.42. The lowest BCUT2D eigenvalue weighted by atomic mass is 10.1. The molecule has 0 aromatic carbocycles. The summed E-state index contributed by atoms with van der Waals surface area (Å²) in [6.45, 7) is 8.27. The van der Waals surface area contributed by atoms with Crippen LogP contribution in [0.4, 0.5) is 0 Å². The van der Waals surface area contributed by atoms with Gasteiger partial charge in [-0.2, -0.15) is 0 Å². The molecule has 1 aromatic rings. The van der Waals surface area contributed by atoms with Crippen LogP contribution in [0.25, 0.3) is 0 Å². The molecule has 1 heterocycles. The largest absolute Gasteiger partial charge is 0.241 e. The van der Waals surface area contributed by atoms with Crippen molar-refractivity contribution in [2.24, 2.45) is 0 Å². The summed E-state index contributed by atoms with van der Waals surface area (Å²) in [5.74, 6) is 1.44. The first-order valence-electron chi connectivity index (χ1n) is 4.61. The van der Waals surface area contributed by atoms with Gasteiger partial charge in [0, 0.05) is 18.3 Å². The van der Waals surface area contributed by atoms with Crippen molar-refractivity contribution >= 4 is 0 Å². The fraction of sp³-hybridized carbons (Fsp3) is 0.600. The van der Waals surface area contributed by atoms with E-state index in [2.05, 4.69) is 23.8 Å². The summed E-state index contributed by atoms with van der Waals surface area (Å²) < 4.78 is 0. The highest BCUT2D eigenvalue weighted by atomic mass is 14.9. The van der Waals surface area contributed by atoms with E-state index in [4.69, 9.17) is 0 Å². The van der Waals surface area contributed by atoms with Crippen LogP contribution >= 0.6 is 0 Å². The van der Waals surface area contributed by atoms with E-state index in [0.717, 1.165) is 12.2 Å². The molecule has 0 fully saturated rings. The van der Waals surface area contributed by atoms with Crippen molar-refractivity contribution in [3.8, 4) is 0 Å². The van der Waals surface area contributed by atoms with Gasteiger partial charge in [-0.1, -0.05) is 27.7 Å². The summed E-state index contributed by atoms with van der Waals surface area (Å²) in [7, 11) is 0. The molecule has 0 aliphatic heterocycles. The van der Waals surface area contributed by atoms with Crippen LogP contribution in [0, 0.1) is 0 Å². The van der Waals surface area contributed by atoms with Crippen molar-refractivity contribution in [3.63, 3.8) is 0 Å². The Morgan fingerprint density at radius 3 is 2.17 bits per heavy atom. The van der Waals surface area contributed by atoms with Crippen LogP contribution in [0.2, 0.25) is 0 Å². The van der Waals surface area contributed by atoms with Crippen LogP contribution in [-0.2, 0) is 0 Å². The molecular formula is C10H18N2. The van der Waals surface area contributed by atoms with E-state index < -0.39 is 0 Å². The van der Waals surface area contributed by atoms with Crippen molar-refractivity contribution < 1.29 is 0 Å². The standard InChI is InChI=1S/C8H12N2.C2H6/c1-3-7(2)8-9-5-4-6-10-8;1-2/h4-7H,3H2,1-2H3;1-2H3. The molecule has 2 heteroatoms. The van der Waals surface area contributed by atoms with Crippen LogP contribution in [0.15, 0.2) is 18.5 Å². The third-order valence-corrected chi connectivity index (χ3v) is 1.64. The van der Waals surface area contributed by atoms with E-state index in [1.165, 1.54) is 0 Å². The Morgan fingerprint density at radius 2 is 1.75 bits per heavy atom. The lowest BCUT2D eigenvalue weighted by Crippen LogP contribution is -1.97. The highest BCUT2D eigenvalue weighted by Gasteiger charge is 2.02. The summed E-state index contributed by atoms with van der Waals surface area (Å²) in [5, 5.41) is 0. The summed E-state index contributed by atoms with van der Waals surface area (Å²) in [5.41, 5.74) is 0. The highest BCUT2D eigenvalue weighted by molar-refractivity contribution is 4.94. The van der Waals surface area contributed by atoms with Gasteiger partial charge >= 0.3 is 0 Å². The maximum absolute atomic E-state index is 4.14. The Bertz CT molecular complexity index is 184. The van der Waals surface area contributed by atoms with Crippen molar-refractivity contribution in [2.75, 3.05) is 0 Å². The minimum Gasteiger partial charge on any atom is -0.241 e. The molecule has 68 valence electrons. The molecule has 0 saturated carbocycles. The molecule has 0 N–H and O–H groups in total. The summed E-state index contributed by atoms with van der Waals surface area (Å²) in [6, 6.07) is 1.84. The first-order valence-corrected chi connectivity index (χ1v) is 4.61. The molecule has 0 aliphatic rings. The predicted octanol–water partition coefficient (Wildman–Crippen LogP) is 3.02. The Labute approximate surface area is 75.1 Å². The molecule has 2 nitrogen and oxygen atoms in total. The first kappa shape index (κ1) is 11.1. The molecule has 12 heavy (non-hydrogen) atoms. The average Bonchev–Trinajstić information content (AvgIpc) is 2.21. The molecule has 0 spiro atoms. The number of rotatable bonds is 2. The van der Waals surface area contributed by atoms with Gasteiger partial charge in [0.15, 0.2) is 0 Å². The van der Waals surface area contributed by atoms with Gasteiger partial charge < -0.3 is 0 Å². The number of nitrogens with zero attached hydrogens (tertiary/aromatic N) is 2. The van der Waals surface area contributed by atoms with E-state index in [1.807, 2.05) is 19.9 Å². The summed E-state index contributed by atoms with van der Waals surface area (Å²) in [6.07, 6.45) is 4.67. The minimum absolute atomic E-state index is 0.487. The van der Waals surface area contributed by atoms with Crippen LogP contribution in [-0.4, -0.2) is 9.97 Å². The zero-order valence-electron chi connectivity index (χ0n) is 8.41. The van der Waals surface area contributed by atoms with Gasteiger partial charge in [-0.15, -0.1) is 0 Å². The molecule has 0 amide bonds. The Morgan fingerprint density at radius 1 is 1.25 bits per heavy atom. The molecule has 0 bridgehead atoms. The van der Waals surface area contributed by atoms with E-state index in [9.17, 15) is 0 Å². The van der Waals surface area contributed by atoms with Gasteiger partial charge in [0.2, 0.25) is 0 Å². The van der Waals surface area contributed by atoms with Gasteiger partial charge in [0.1, 0.15) is 5.82 Å². The van der Waals surface area contributed by atoms with Crippen molar-refractivity contribution in [3.05, 3.63) is 24.3 Å². The van der Waals surface area contributed by atoms with Gasteiger partial charge in [-0.3, -0.25) is 0 Å². The SMILES string of the molecule is CC.CCC(C)c1ncccn1. The fourth-order valence-corrected chi connectivity index (χ4v) is 0.748. The monoisotopic (exact) mass is 166 g/mol. The Balaban J connectivity index is 0.000000561. The number of hydrogen-bond donors (Lipinski definition) is 0. The van der Waals surface area contributed by atoms with Crippen LogP contribution < -0.4 is 0 Å². The van der Waals surface area contributed by atoms with Crippen LogP contribution in [0.1, 0.15) is 45.9 Å². The minimum atomic E-state index is 0.487. The Kier molecular flexibility index (Phi) is 6.25. The Hall–Kier alpha value is -0.920. The maximum Gasteiger partial charge on any atom is 0.130 e. The third-order valence-electron chi connectivity index (χ3n) is 1.64. The second kappa shape index (κ2) is 6.77. The molecule has 0 radical (unpaired) electrons. The topological polar surface area (TPSA) is 25.8 Å². The second-order valence-corrected chi connectivity index (χ2v) is 2.42. The zero-order valence-corrected chi connectivity index (χ0v) is 8.41. The smallest absolute Gasteiger partial charge is 0.130 e. The van der Waals surface area contributed by atoms with Crippen molar-refractivity contribution in [1.29, 1.82) is 0 Å². The predicted molar refractivity (Wildman–Crippen MR) is 52.1 cm³/mol. The van der Waals surface area contributed by atoms with Gasteiger partial charge in [-0.05, 0) is 12.5 Å². The maximum atomic E-state index is 4.14. The fourth-order valence-electron chi connectivity index (χ4n) is 0.748. The molecule has 1 aromatic heterocycles. The van der Waals surface area contributed by atoms with E-state index in [0.29, 0.717) is 5.92 Å². The first-order chi connectivity index (χ1) is 5.84. The van der Waals surface area contributed by atoms with Gasteiger partial charge in [0.05, 0.1) is 0 Å². The summed E-state index contributed by atoms with van der Waals surface area (Å²) in [4.78, 5) is 8.28. The van der Waals surface area contributed by atoms with Crippen molar-refractivity contribution in [1.82, 2.24) is 9.97 Å². The normalized spacial score (nSPS) is 11.3. The number of hydrogen-bond acceptors (Lipinski definition) is 2. The molecular weight excluding hydrogens is 148 g/mol. The lowest BCUT2D eigenvalue weighted by Gasteiger charge is -2.03. The molecule has 0 saturated heterocycles. The van der Waals surface area contributed by atoms with Crippen molar-refractivity contribution in [2.45, 2.75) is 40.0 Å². The van der Waals surface area contributed by atoms with Gasteiger partial charge in [-0.25, -0.2) is 9.97 Å². The molecule has 0 aliphatic carbocycles. The summed E-state index contributed by atoms with van der Waals surface area (Å²) >= 11 is 0. The van der Waals surface area contributed by atoms with Crippen LogP contribution in [0.3, 0.4) is 0 Å². The average molecular weight is 166 g/mol. The number of aromatic nitrogens is 2. The molecule has 1 atom stereocenters. The van der Waals surface area contributed by atoms with E-state index >= 15 is 0 Å². The van der Waals surface area contributed by atoms with E-state index in [1.54, 1.807) is 12.4 Å². The molecule has 1 rings (SSSR count). The van der Waals surface area contributed by atoms with Gasteiger partial charge in [0.25, 0.3) is 0 Å². The third kappa shape index (κ3) is 3.46. The lowest BCUT2D eigenvalue weighted by molar-refractivity contribution is 0.678. The molecule has 1 unspecified atom stereocenters. The zero-order chi connectivity index (χ0) is 9.40.